The number of para-hydroxylation sites is 1. The fourth-order valence-electron chi connectivity index (χ4n) is 2.50. The van der Waals surface area contributed by atoms with Crippen molar-refractivity contribution in [3.05, 3.63) is 64.3 Å². The van der Waals surface area contributed by atoms with Gasteiger partial charge in [-0.1, -0.05) is 41.1 Å². The maximum Gasteiger partial charge on any atom is 0.0457 e. The third-order valence-corrected chi connectivity index (χ3v) is 4.09. The van der Waals surface area contributed by atoms with Gasteiger partial charge in [-0.2, -0.15) is 0 Å². The molecule has 1 heterocycles. The molecule has 2 N–H and O–H groups in total. The van der Waals surface area contributed by atoms with E-state index in [9.17, 15) is 0 Å². The molecule has 0 bridgehead atoms. The van der Waals surface area contributed by atoms with Crippen molar-refractivity contribution in [2.24, 2.45) is 0 Å². The van der Waals surface area contributed by atoms with Gasteiger partial charge in [-0.05, 0) is 41.8 Å². The maximum absolute atomic E-state index is 3.55. The molecule has 0 saturated carbocycles. The lowest BCUT2D eigenvalue weighted by Crippen LogP contribution is -2.01. The van der Waals surface area contributed by atoms with Crippen LogP contribution in [0.1, 0.15) is 18.1 Å². The van der Waals surface area contributed by atoms with E-state index in [4.69, 9.17) is 0 Å². The van der Waals surface area contributed by atoms with Gasteiger partial charge in [0.05, 0.1) is 0 Å². The lowest BCUT2D eigenvalue weighted by Gasteiger charge is -2.11. The van der Waals surface area contributed by atoms with Crippen molar-refractivity contribution in [2.75, 3.05) is 5.32 Å². The van der Waals surface area contributed by atoms with Gasteiger partial charge in [0, 0.05) is 33.8 Å². The predicted octanol–water partition coefficient (Wildman–Crippen LogP) is 5.10. The zero-order valence-corrected chi connectivity index (χ0v) is 13.0. The van der Waals surface area contributed by atoms with Crippen LogP contribution in [0.25, 0.3) is 10.9 Å². The quantitative estimate of drug-likeness (QED) is 0.684. The molecule has 0 aliphatic carbocycles. The van der Waals surface area contributed by atoms with Crippen molar-refractivity contribution in [3.8, 4) is 0 Å². The summed E-state index contributed by atoms with van der Waals surface area (Å²) in [5.41, 5.74) is 5.03. The number of halogens is 1. The molecule has 0 spiro atoms. The standard InChI is InChI=1S/C17H17BrN2/c1-2-12-9-14(18)7-8-16(12)19-10-13-11-20-17-6-4-3-5-15(13)17/h3-9,11,19-20H,2,10H2,1H3. The maximum atomic E-state index is 3.55. The number of aromatic amines is 1. The number of anilines is 1. The topological polar surface area (TPSA) is 27.8 Å². The summed E-state index contributed by atoms with van der Waals surface area (Å²) < 4.78 is 1.13. The smallest absolute Gasteiger partial charge is 0.0457 e. The second kappa shape index (κ2) is 5.71. The van der Waals surface area contributed by atoms with Crippen molar-refractivity contribution in [1.29, 1.82) is 0 Å². The molecule has 3 heteroatoms. The first-order valence-corrected chi connectivity index (χ1v) is 7.64. The summed E-state index contributed by atoms with van der Waals surface area (Å²) in [6.07, 6.45) is 3.11. The minimum Gasteiger partial charge on any atom is -0.381 e. The zero-order chi connectivity index (χ0) is 13.9. The Morgan fingerprint density at radius 1 is 1.10 bits per heavy atom. The van der Waals surface area contributed by atoms with Crippen LogP contribution in [0.3, 0.4) is 0 Å². The molecular weight excluding hydrogens is 312 g/mol. The van der Waals surface area contributed by atoms with Crippen molar-refractivity contribution < 1.29 is 0 Å². The lowest BCUT2D eigenvalue weighted by atomic mass is 10.1. The van der Waals surface area contributed by atoms with Gasteiger partial charge in [0.15, 0.2) is 0 Å². The van der Waals surface area contributed by atoms with E-state index in [1.54, 1.807) is 0 Å². The SMILES string of the molecule is CCc1cc(Br)ccc1NCc1c[nH]c2ccccc12. The fraction of sp³-hybridized carbons (Fsp3) is 0.176. The number of nitrogens with one attached hydrogen (secondary N) is 2. The Morgan fingerprint density at radius 2 is 1.95 bits per heavy atom. The van der Waals surface area contributed by atoms with Crippen molar-refractivity contribution in [2.45, 2.75) is 19.9 Å². The number of hydrogen-bond donors (Lipinski definition) is 2. The van der Waals surface area contributed by atoms with E-state index < -0.39 is 0 Å². The summed E-state index contributed by atoms with van der Waals surface area (Å²) in [6, 6.07) is 14.8. The number of H-pyrrole nitrogens is 1. The molecule has 0 unspecified atom stereocenters. The molecular formula is C17H17BrN2. The minimum atomic E-state index is 0.832. The highest BCUT2D eigenvalue weighted by molar-refractivity contribution is 9.10. The van der Waals surface area contributed by atoms with E-state index in [0.717, 1.165) is 17.4 Å². The van der Waals surface area contributed by atoms with Gasteiger partial charge in [0.25, 0.3) is 0 Å². The van der Waals surface area contributed by atoms with Crippen LogP contribution in [-0.2, 0) is 13.0 Å². The van der Waals surface area contributed by atoms with Crippen LogP contribution in [0.15, 0.2) is 53.1 Å². The number of benzene rings is 2. The predicted molar refractivity (Wildman–Crippen MR) is 89.1 cm³/mol. The Bertz CT molecular complexity index is 731. The first-order chi connectivity index (χ1) is 9.78. The second-order valence-electron chi connectivity index (χ2n) is 4.87. The average Bonchev–Trinajstić information content (AvgIpc) is 2.89. The van der Waals surface area contributed by atoms with E-state index in [2.05, 4.69) is 81.8 Å². The van der Waals surface area contributed by atoms with Crippen LogP contribution < -0.4 is 5.32 Å². The summed E-state index contributed by atoms with van der Waals surface area (Å²) in [5, 5.41) is 4.83. The van der Waals surface area contributed by atoms with E-state index in [1.807, 2.05) is 0 Å². The molecule has 1 aromatic heterocycles. The number of fused-ring (bicyclic) bond motifs is 1. The van der Waals surface area contributed by atoms with Crippen LogP contribution in [-0.4, -0.2) is 4.98 Å². The molecule has 0 radical (unpaired) electrons. The average molecular weight is 329 g/mol. The molecule has 3 aromatic rings. The van der Waals surface area contributed by atoms with E-state index in [0.29, 0.717) is 0 Å². The number of aromatic nitrogens is 1. The monoisotopic (exact) mass is 328 g/mol. The third-order valence-electron chi connectivity index (χ3n) is 3.59. The third kappa shape index (κ3) is 2.59. The summed E-state index contributed by atoms with van der Waals surface area (Å²) in [4.78, 5) is 3.31. The molecule has 3 rings (SSSR count). The minimum absolute atomic E-state index is 0.832. The first kappa shape index (κ1) is 13.3. The molecule has 0 aliphatic heterocycles. The number of hydrogen-bond acceptors (Lipinski definition) is 1. The summed E-state index contributed by atoms with van der Waals surface area (Å²) in [7, 11) is 0. The van der Waals surface area contributed by atoms with Crippen LogP contribution >= 0.6 is 15.9 Å². The Balaban J connectivity index is 1.83. The van der Waals surface area contributed by atoms with E-state index >= 15 is 0 Å². The van der Waals surface area contributed by atoms with E-state index in [1.165, 1.54) is 27.7 Å². The summed E-state index contributed by atoms with van der Waals surface area (Å²) in [5.74, 6) is 0. The molecule has 102 valence electrons. The Kier molecular flexibility index (Phi) is 3.79. The van der Waals surface area contributed by atoms with Gasteiger partial charge in [-0.25, -0.2) is 0 Å². The molecule has 20 heavy (non-hydrogen) atoms. The largest absolute Gasteiger partial charge is 0.381 e. The van der Waals surface area contributed by atoms with Crippen LogP contribution in [0, 0.1) is 0 Å². The van der Waals surface area contributed by atoms with Gasteiger partial charge in [0.1, 0.15) is 0 Å². The Morgan fingerprint density at radius 3 is 2.80 bits per heavy atom. The highest BCUT2D eigenvalue weighted by atomic mass is 79.9. The van der Waals surface area contributed by atoms with Crippen molar-refractivity contribution in [3.63, 3.8) is 0 Å². The molecule has 0 amide bonds. The fourth-order valence-corrected chi connectivity index (χ4v) is 2.90. The van der Waals surface area contributed by atoms with Crippen LogP contribution in [0.2, 0.25) is 0 Å². The van der Waals surface area contributed by atoms with Crippen LogP contribution in [0.5, 0.6) is 0 Å². The van der Waals surface area contributed by atoms with Crippen LogP contribution in [0.4, 0.5) is 5.69 Å². The van der Waals surface area contributed by atoms with Crippen molar-refractivity contribution >= 4 is 32.5 Å². The highest BCUT2D eigenvalue weighted by Crippen LogP contribution is 2.24. The highest BCUT2D eigenvalue weighted by Gasteiger charge is 2.05. The molecule has 0 aliphatic rings. The van der Waals surface area contributed by atoms with Gasteiger partial charge in [-0.15, -0.1) is 0 Å². The molecule has 0 fully saturated rings. The van der Waals surface area contributed by atoms with Gasteiger partial charge in [0.2, 0.25) is 0 Å². The van der Waals surface area contributed by atoms with Gasteiger partial charge < -0.3 is 10.3 Å². The number of aryl methyl sites for hydroxylation is 1. The summed E-state index contributed by atoms with van der Waals surface area (Å²) in [6.45, 7) is 3.01. The summed E-state index contributed by atoms with van der Waals surface area (Å²) >= 11 is 3.53. The lowest BCUT2D eigenvalue weighted by molar-refractivity contribution is 1.09. The van der Waals surface area contributed by atoms with E-state index in [-0.39, 0.29) is 0 Å². The molecule has 2 nitrogen and oxygen atoms in total. The van der Waals surface area contributed by atoms with Crippen molar-refractivity contribution in [1.82, 2.24) is 4.98 Å². The molecule has 0 saturated heterocycles. The van der Waals surface area contributed by atoms with Gasteiger partial charge in [-0.3, -0.25) is 0 Å². The first-order valence-electron chi connectivity index (χ1n) is 6.85. The molecule has 2 aromatic carbocycles. The second-order valence-corrected chi connectivity index (χ2v) is 5.78. The Labute approximate surface area is 127 Å². The molecule has 0 atom stereocenters. The zero-order valence-electron chi connectivity index (χ0n) is 11.4. The Hall–Kier alpha value is -1.74. The van der Waals surface area contributed by atoms with Gasteiger partial charge >= 0.3 is 0 Å². The number of rotatable bonds is 4. The normalized spacial score (nSPS) is 10.9.